The Bertz CT molecular complexity index is 526. The molecule has 3 heterocycles. The summed E-state index contributed by atoms with van der Waals surface area (Å²) in [6.45, 7) is 3.52. The monoisotopic (exact) mass is 260 g/mol. The lowest BCUT2D eigenvalue weighted by Gasteiger charge is -2.15. The molecule has 1 aliphatic heterocycles. The maximum atomic E-state index is 5.54. The Kier molecular flexibility index (Phi) is 3.12. The lowest BCUT2D eigenvalue weighted by Crippen LogP contribution is -2.24. The maximum Gasteiger partial charge on any atom is 0.225 e. The van der Waals surface area contributed by atoms with E-state index in [0.717, 1.165) is 30.3 Å². The van der Waals surface area contributed by atoms with Crippen molar-refractivity contribution in [3.63, 3.8) is 0 Å². The minimum absolute atomic E-state index is 0.0787. The number of aryl methyl sites for hydroxylation is 1. The van der Waals surface area contributed by atoms with E-state index in [1.54, 1.807) is 13.3 Å². The minimum atomic E-state index is 0.0787. The summed E-state index contributed by atoms with van der Waals surface area (Å²) in [6.07, 6.45) is 5.48. The van der Waals surface area contributed by atoms with Crippen molar-refractivity contribution in [3.8, 4) is 0 Å². The van der Waals surface area contributed by atoms with Crippen LogP contribution in [0.15, 0.2) is 18.6 Å². The molecule has 0 amide bonds. The fourth-order valence-corrected chi connectivity index (χ4v) is 2.40. The molecule has 3 rings (SSSR count). The first kappa shape index (κ1) is 12.0. The highest BCUT2D eigenvalue weighted by Crippen LogP contribution is 2.29. The van der Waals surface area contributed by atoms with E-state index in [-0.39, 0.29) is 12.0 Å². The van der Waals surface area contributed by atoms with E-state index < -0.39 is 0 Å². The number of H-pyrrole nitrogens is 1. The predicted octanol–water partition coefficient (Wildman–Crippen LogP) is 0.522. The number of anilines is 1. The third-order valence-corrected chi connectivity index (χ3v) is 3.43. The second kappa shape index (κ2) is 4.93. The number of rotatable bonds is 3. The highest BCUT2D eigenvalue weighted by Gasteiger charge is 2.36. The van der Waals surface area contributed by atoms with Gasteiger partial charge in [0, 0.05) is 32.6 Å². The first-order valence-corrected chi connectivity index (χ1v) is 6.20. The fraction of sp³-hybridized carbons (Fsp3) is 0.500. The molecule has 0 bridgehead atoms. The standard InChI is InChI=1S/C12H16N6O/c1-8-3-13-12(14-4-8)18-6-9(11(7-18)19-2)10-5-15-17-16-10/h3-5,9,11H,6-7H2,1-2H3,(H,15,16,17)/t9-,11+/m0/s1. The fourth-order valence-electron chi connectivity index (χ4n) is 2.40. The second-order valence-electron chi connectivity index (χ2n) is 4.74. The van der Waals surface area contributed by atoms with Crippen LogP contribution in [-0.4, -0.2) is 51.7 Å². The zero-order chi connectivity index (χ0) is 13.2. The van der Waals surface area contributed by atoms with E-state index >= 15 is 0 Å². The zero-order valence-electron chi connectivity index (χ0n) is 10.9. The normalized spacial score (nSPS) is 22.9. The summed E-state index contributed by atoms with van der Waals surface area (Å²) >= 11 is 0. The summed E-state index contributed by atoms with van der Waals surface area (Å²) in [4.78, 5) is 10.8. The van der Waals surface area contributed by atoms with Crippen molar-refractivity contribution < 1.29 is 4.74 Å². The van der Waals surface area contributed by atoms with Crippen LogP contribution in [0.2, 0.25) is 0 Å². The van der Waals surface area contributed by atoms with Gasteiger partial charge >= 0.3 is 0 Å². The van der Waals surface area contributed by atoms with Gasteiger partial charge in [0.1, 0.15) is 0 Å². The Morgan fingerprint density at radius 3 is 2.68 bits per heavy atom. The van der Waals surface area contributed by atoms with Crippen LogP contribution in [0.5, 0.6) is 0 Å². The van der Waals surface area contributed by atoms with E-state index in [1.807, 2.05) is 19.3 Å². The molecule has 7 heteroatoms. The molecule has 2 aromatic heterocycles. The van der Waals surface area contributed by atoms with Crippen LogP contribution in [-0.2, 0) is 4.74 Å². The average Bonchev–Trinajstić information content (AvgIpc) is 3.08. The maximum absolute atomic E-state index is 5.54. The van der Waals surface area contributed by atoms with Crippen LogP contribution in [0, 0.1) is 6.92 Å². The molecule has 1 N–H and O–H groups in total. The molecule has 7 nitrogen and oxygen atoms in total. The lowest BCUT2D eigenvalue weighted by molar-refractivity contribution is 0.105. The lowest BCUT2D eigenvalue weighted by atomic mass is 10.0. The summed E-state index contributed by atoms with van der Waals surface area (Å²) in [5.41, 5.74) is 1.97. The molecule has 100 valence electrons. The number of nitrogens with zero attached hydrogens (tertiary/aromatic N) is 5. The van der Waals surface area contributed by atoms with Gasteiger partial charge < -0.3 is 9.64 Å². The van der Waals surface area contributed by atoms with Gasteiger partial charge in [0.05, 0.1) is 23.9 Å². The molecular formula is C12H16N6O. The Balaban J connectivity index is 1.81. The number of methoxy groups -OCH3 is 1. The number of ether oxygens (including phenoxy) is 1. The van der Waals surface area contributed by atoms with Crippen LogP contribution in [0.3, 0.4) is 0 Å². The molecule has 1 saturated heterocycles. The molecule has 0 unspecified atom stereocenters. The number of aromatic nitrogens is 5. The van der Waals surface area contributed by atoms with Gasteiger partial charge in [-0.15, -0.1) is 0 Å². The molecule has 0 aromatic carbocycles. The molecule has 0 aliphatic carbocycles. The van der Waals surface area contributed by atoms with Gasteiger partial charge in [0.25, 0.3) is 0 Å². The largest absolute Gasteiger partial charge is 0.379 e. The van der Waals surface area contributed by atoms with Crippen LogP contribution in [0.25, 0.3) is 0 Å². The van der Waals surface area contributed by atoms with E-state index in [1.165, 1.54) is 0 Å². The van der Waals surface area contributed by atoms with Crippen LogP contribution in [0.1, 0.15) is 17.2 Å². The topological polar surface area (TPSA) is 79.8 Å². The minimum Gasteiger partial charge on any atom is -0.379 e. The van der Waals surface area contributed by atoms with Gasteiger partial charge in [-0.3, -0.25) is 0 Å². The van der Waals surface area contributed by atoms with E-state index in [9.17, 15) is 0 Å². The van der Waals surface area contributed by atoms with Crippen molar-refractivity contribution in [2.24, 2.45) is 0 Å². The van der Waals surface area contributed by atoms with Gasteiger partial charge in [-0.1, -0.05) is 0 Å². The third kappa shape index (κ3) is 2.28. The molecule has 0 saturated carbocycles. The number of hydrogen-bond donors (Lipinski definition) is 1. The molecular weight excluding hydrogens is 244 g/mol. The average molecular weight is 260 g/mol. The Hall–Kier alpha value is -2.02. The van der Waals surface area contributed by atoms with E-state index in [4.69, 9.17) is 4.74 Å². The number of hydrogen-bond acceptors (Lipinski definition) is 6. The van der Waals surface area contributed by atoms with Crippen molar-refractivity contribution in [1.82, 2.24) is 25.4 Å². The molecule has 2 aromatic rings. The van der Waals surface area contributed by atoms with Crippen molar-refractivity contribution in [3.05, 3.63) is 29.8 Å². The second-order valence-corrected chi connectivity index (χ2v) is 4.74. The van der Waals surface area contributed by atoms with Gasteiger partial charge in [-0.2, -0.15) is 15.4 Å². The molecule has 1 fully saturated rings. The van der Waals surface area contributed by atoms with E-state index in [0.29, 0.717) is 0 Å². The number of nitrogens with one attached hydrogen (secondary N) is 1. The Morgan fingerprint density at radius 1 is 1.26 bits per heavy atom. The summed E-state index contributed by atoms with van der Waals surface area (Å²) in [5, 5.41) is 10.7. The van der Waals surface area contributed by atoms with Crippen molar-refractivity contribution in [1.29, 1.82) is 0 Å². The quantitative estimate of drug-likeness (QED) is 0.866. The molecule has 0 radical (unpaired) electrons. The third-order valence-electron chi connectivity index (χ3n) is 3.43. The van der Waals surface area contributed by atoms with Gasteiger partial charge in [-0.25, -0.2) is 9.97 Å². The van der Waals surface area contributed by atoms with E-state index in [2.05, 4.69) is 30.3 Å². The summed E-state index contributed by atoms with van der Waals surface area (Å²) < 4.78 is 5.54. The van der Waals surface area contributed by atoms with Gasteiger partial charge in [-0.05, 0) is 12.5 Å². The van der Waals surface area contributed by atoms with Crippen LogP contribution < -0.4 is 4.90 Å². The van der Waals surface area contributed by atoms with Gasteiger partial charge in [0.2, 0.25) is 5.95 Å². The van der Waals surface area contributed by atoms with Crippen molar-refractivity contribution >= 4 is 5.95 Å². The SMILES string of the molecule is CO[C@@H]1CN(c2ncc(C)cn2)C[C@H]1c1cn[nH]n1. The molecule has 19 heavy (non-hydrogen) atoms. The smallest absolute Gasteiger partial charge is 0.225 e. The zero-order valence-corrected chi connectivity index (χ0v) is 10.9. The highest BCUT2D eigenvalue weighted by molar-refractivity contribution is 5.35. The molecule has 2 atom stereocenters. The number of aromatic amines is 1. The van der Waals surface area contributed by atoms with Crippen molar-refractivity contribution in [2.45, 2.75) is 18.9 Å². The Labute approximate surface area is 111 Å². The summed E-state index contributed by atoms with van der Waals surface area (Å²) in [5.74, 6) is 0.923. The summed E-state index contributed by atoms with van der Waals surface area (Å²) in [6, 6.07) is 0. The first-order chi connectivity index (χ1) is 9.28. The highest BCUT2D eigenvalue weighted by atomic mass is 16.5. The van der Waals surface area contributed by atoms with Gasteiger partial charge in [0.15, 0.2) is 0 Å². The predicted molar refractivity (Wildman–Crippen MR) is 68.9 cm³/mol. The molecule has 0 spiro atoms. The Morgan fingerprint density at radius 2 is 2.05 bits per heavy atom. The van der Waals surface area contributed by atoms with Crippen LogP contribution >= 0.6 is 0 Å². The summed E-state index contributed by atoms with van der Waals surface area (Å²) in [7, 11) is 1.72. The molecule has 1 aliphatic rings. The van der Waals surface area contributed by atoms with Crippen molar-refractivity contribution in [2.75, 3.05) is 25.1 Å². The first-order valence-electron chi connectivity index (χ1n) is 6.20. The van der Waals surface area contributed by atoms with Crippen LogP contribution in [0.4, 0.5) is 5.95 Å².